The Bertz CT molecular complexity index is 676. The van der Waals surface area contributed by atoms with Crippen LogP contribution in [-0.2, 0) is 13.0 Å². The van der Waals surface area contributed by atoms with Gasteiger partial charge in [0, 0.05) is 24.5 Å². The molecule has 1 aromatic carbocycles. The lowest BCUT2D eigenvalue weighted by molar-refractivity contribution is 0.210. The smallest absolute Gasteiger partial charge is 0.315 e. The van der Waals surface area contributed by atoms with Crippen molar-refractivity contribution in [2.75, 3.05) is 13.7 Å². The molecule has 0 aliphatic carbocycles. The van der Waals surface area contributed by atoms with Crippen LogP contribution >= 0.6 is 0 Å². The van der Waals surface area contributed by atoms with E-state index < -0.39 is 0 Å². The van der Waals surface area contributed by atoms with Crippen LogP contribution in [0.4, 0.5) is 4.79 Å². The van der Waals surface area contributed by atoms with Crippen LogP contribution in [-0.4, -0.2) is 30.8 Å². The minimum Gasteiger partial charge on any atom is -0.493 e. The summed E-state index contributed by atoms with van der Waals surface area (Å²) in [4.78, 5) is 16.0. The molecule has 0 bridgehead atoms. The second kappa shape index (κ2) is 7.00. The monoisotopic (exact) mass is 313 g/mol. The van der Waals surface area contributed by atoms with Crippen LogP contribution < -0.4 is 20.1 Å². The Labute approximate surface area is 134 Å². The van der Waals surface area contributed by atoms with E-state index in [2.05, 4.69) is 15.6 Å². The Kier molecular flexibility index (Phi) is 4.61. The predicted octanol–water partition coefficient (Wildman–Crippen LogP) is 1.89. The number of methoxy groups -OCH3 is 1. The third-order valence-corrected chi connectivity index (χ3v) is 3.69. The molecular formula is C17H19N3O3. The summed E-state index contributed by atoms with van der Waals surface area (Å²) in [6, 6.07) is 9.25. The van der Waals surface area contributed by atoms with Gasteiger partial charge in [-0.15, -0.1) is 0 Å². The first-order valence-electron chi connectivity index (χ1n) is 7.48. The molecule has 0 saturated carbocycles. The van der Waals surface area contributed by atoms with Crippen molar-refractivity contribution in [3.05, 3.63) is 53.9 Å². The number of aromatic nitrogens is 1. The van der Waals surface area contributed by atoms with E-state index in [1.807, 2.05) is 30.3 Å². The average molecular weight is 313 g/mol. The molecule has 2 amide bonds. The number of hydrogen-bond donors (Lipinski definition) is 2. The number of carbonyl (C=O) groups excluding carboxylic acids is 1. The van der Waals surface area contributed by atoms with Crippen molar-refractivity contribution >= 4 is 6.03 Å². The van der Waals surface area contributed by atoms with Gasteiger partial charge in [0.15, 0.2) is 11.5 Å². The number of hydrogen-bond acceptors (Lipinski definition) is 4. The number of ether oxygens (including phenoxy) is 2. The van der Waals surface area contributed by atoms with Crippen molar-refractivity contribution in [1.29, 1.82) is 0 Å². The summed E-state index contributed by atoms with van der Waals surface area (Å²) in [5.74, 6) is 1.49. The van der Waals surface area contributed by atoms with Crippen LogP contribution in [0.25, 0.3) is 0 Å². The second-order valence-corrected chi connectivity index (χ2v) is 5.35. The molecule has 1 aliphatic heterocycles. The highest BCUT2D eigenvalue weighted by molar-refractivity contribution is 5.74. The molecule has 1 unspecified atom stereocenters. The number of fused-ring (bicyclic) bond motifs is 1. The van der Waals surface area contributed by atoms with Gasteiger partial charge >= 0.3 is 6.03 Å². The Morgan fingerprint density at radius 3 is 3.09 bits per heavy atom. The molecule has 2 aromatic rings. The van der Waals surface area contributed by atoms with E-state index >= 15 is 0 Å². The van der Waals surface area contributed by atoms with Gasteiger partial charge in [-0.3, -0.25) is 4.98 Å². The molecule has 1 atom stereocenters. The molecule has 2 heterocycles. The maximum atomic E-state index is 12.0. The zero-order valence-electron chi connectivity index (χ0n) is 12.9. The molecule has 0 radical (unpaired) electrons. The topological polar surface area (TPSA) is 72.5 Å². The minimum atomic E-state index is -0.214. The molecule has 6 nitrogen and oxygen atoms in total. The normalized spacial score (nSPS) is 16.0. The second-order valence-electron chi connectivity index (χ2n) is 5.35. The molecule has 3 rings (SSSR count). The Hall–Kier alpha value is -2.76. The largest absolute Gasteiger partial charge is 0.493 e. The molecule has 6 heteroatoms. The van der Waals surface area contributed by atoms with Crippen molar-refractivity contribution in [2.24, 2.45) is 0 Å². The first-order valence-corrected chi connectivity index (χ1v) is 7.48. The molecule has 1 aromatic heterocycles. The van der Waals surface area contributed by atoms with E-state index in [9.17, 15) is 4.79 Å². The van der Waals surface area contributed by atoms with Crippen molar-refractivity contribution in [2.45, 2.75) is 19.0 Å². The van der Waals surface area contributed by atoms with Crippen molar-refractivity contribution in [3.63, 3.8) is 0 Å². The molecule has 2 N–H and O–H groups in total. The summed E-state index contributed by atoms with van der Waals surface area (Å²) in [6.45, 7) is 0.866. The molecule has 120 valence electrons. The molecule has 0 spiro atoms. The van der Waals surface area contributed by atoms with E-state index in [-0.39, 0.29) is 12.1 Å². The summed E-state index contributed by atoms with van der Waals surface area (Å²) < 4.78 is 11.0. The van der Waals surface area contributed by atoms with Gasteiger partial charge in [0.2, 0.25) is 0 Å². The Morgan fingerprint density at radius 1 is 1.39 bits per heavy atom. The summed E-state index contributed by atoms with van der Waals surface area (Å²) in [6.07, 6.45) is 4.15. The van der Waals surface area contributed by atoms with Gasteiger partial charge in [-0.2, -0.15) is 0 Å². The Balaban J connectivity index is 1.54. The molecule has 1 aliphatic rings. The fourth-order valence-electron chi connectivity index (χ4n) is 2.57. The van der Waals surface area contributed by atoms with Crippen LogP contribution in [0, 0.1) is 0 Å². The highest BCUT2D eigenvalue weighted by atomic mass is 16.5. The number of rotatable bonds is 4. The van der Waals surface area contributed by atoms with Crippen LogP contribution in [0.2, 0.25) is 0 Å². The van der Waals surface area contributed by atoms with Gasteiger partial charge in [-0.05, 0) is 24.1 Å². The third-order valence-electron chi connectivity index (χ3n) is 3.69. The van der Waals surface area contributed by atoms with Gasteiger partial charge in [0.05, 0.1) is 13.2 Å². The summed E-state index contributed by atoms with van der Waals surface area (Å²) in [5, 5.41) is 5.75. The number of pyridine rings is 1. The quantitative estimate of drug-likeness (QED) is 0.904. The minimum absolute atomic E-state index is 0.0662. The molecular weight excluding hydrogens is 294 g/mol. The zero-order valence-corrected chi connectivity index (χ0v) is 12.9. The number of nitrogens with one attached hydrogen (secondary N) is 2. The predicted molar refractivity (Wildman–Crippen MR) is 85.6 cm³/mol. The van der Waals surface area contributed by atoms with E-state index in [4.69, 9.17) is 9.47 Å². The molecule has 0 fully saturated rings. The molecule has 23 heavy (non-hydrogen) atoms. The van der Waals surface area contributed by atoms with Crippen molar-refractivity contribution in [1.82, 2.24) is 15.6 Å². The van der Waals surface area contributed by atoms with Crippen molar-refractivity contribution < 1.29 is 14.3 Å². The highest BCUT2D eigenvalue weighted by Gasteiger charge is 2.23. The number of amides is 2. The Morgan fingerprint density at radius 2 is 2.30 bits per heavy atom. The summed E-state index contributed by atoms with van der Waals surface area (Å²) >= 11 is 0. The lowest BCUT2D eigenvalue weighted by Crippen LogP contribution is -2.47. The van der Waals surface area contributed by atoms with E-state index in [0.717, 1.165) is 22.6 Å². The number of carbonyl (C=O) groups is 1. The number of para-hydroxylation sites is 1. The summed E-state index contributed by atoms with van der Waals surface area (Å²) in [5.41, 5.74) is 1.99. The van der Waals surface area contributed by atoms with Gasteiger partial charge < -0.3 is 20.1 Å². The van der Waals surface area contributed by atoms with Gasteiger partial charge in [-0.25, -0.2) is 4.79 Å². The van der Waals surface area contributed by atoms with Crippen LogP contribution in [0.15, 0.2) is 42.7 Å². The van der Waals surface area contributed by atoms with E-state index in [1.54, 1.807) is 19.5 Å². The zero-order chi connectivity index (χ0) is 16.1. The molecule has 0 saturated heterocycles. The maximum absolute atomic E-state index is 12.0. The number of benzene rings is 1. The lowest BCUT2D eigenvalue weighted by Gasteiger charge is -2.27. The lowest BCUT2D eigenvalue weighted by atomic mass is 10.0. The maximum Gasteiger partial charge on any atom is 0.315 e. The van der Waals surface area contributed by atoms with Gasteiger partial charge in [0.1, 0.15) is 6.61 Å². The first kappa shape index (κ1) is 15.1. The first-order chi connectivity index (χ1) is 11.3. The third kappa shape index (κ3) is 3.71. The van der Waals surface area contributed by atoms with Gasteiger partial charge in [0.25, 0.3) is 0 Å². The van der Waals surface area contributed by atoms with E-state index in [1.165, 1.54) is 0 Å². The van der Waals surface area contributed by atoms with Crippen LogP contribution in [0.3, 0.4) is 0 Å². The van der Waals surface area contributed by atoms with Crippen LogP contribution in [0.5, 0.6) is 11.5 Å². The average Bonchev–Trinajstić information content (AvgIpc) is 2.60. The highest BCUT2D eigenvalue weighted by Crippen LogP contribution is 2.34. The fraction of sp³-hybridized carbons (Fsp3) is 0.294. The summed E-state index contributed by atoms with van der Waals surface area (Å²) in [7, 11) is 1.62. The SMILES string of the molecule is COc1cccc2c1OCC(NC(=O)NCc1cccnc1)C2. The van der Waals surface area contributed by atoms with Crippen LogP contribution in [0.1, 0.15) is 11.1 Å². The standard InChI is InChI=1S/C17H19N3O3/c1-22-15-6-2-5-13-8-14(11-23-16(13)15)20-17(21)19-10-12-4-3-7-18-9-12/h2-7,9,14H,8,10-11H2,1H3,(H2,19,20,21). The fourth-order valence-corrected chi connectivity index (χ4v) is 2.57. The number of urea groups is 1. The van der Waals surface area contributed by atoms with E-state index in [0.29, 0.717) is 19.6 Å². The van der Waals surface area contributed by atoms with Gasteiger partial charge in [-0.1, -0.05) is 18.2 Å². The number of nitrogens with zero attached hydrogens (tertiary/aromatic N) is 1. The van der Waals surface area contributed by atoms with Crippen molar-refractivity contribution in [3.8, 4) is 11.5 Å².